The highest BCUT2D eigenvalue weighted by Gasteiger charge is 2.22. The maximum Gasteiger partial charge on any atom is 0.330 e. The number of allylic oxidation sites excluding steroid dienone is 1. The molecule has 5 heteroatoms. The summed E-state index contributed by atoms with van der Waals surface area (Å²) in [5.41, 5.74) is 0.389. The van der Waals surface area contributed by atoms with Crippen molar-refractivity contribution in [3.8, 4) is 0 Å². The summed E-state index contributed by atoms with van der Waals surface area (Å²) in [6.45, 7) is 6.26. The second kappa shape index (κ2) is 6.53. The molecular formula is C9H18O5. The highest BCUT2D eigenvalue weighted by atomic mass is 16.7. The van der Waals surface area contributed by atoms with E-state index >= 15 is 0 Å². The first-order chi connectivity index (χ1) is 6.12. The normalized spacial score (nSPS) is 12.1. The molecular weight excluding hydrogens is 188 g/mol. The average Bonchev–Trinajstić information content (AvgIpc) is 2.02. The van der Waals surface area contributed by atoms with Crippen LogP contribution in [0, 0.1) is 5.92 Å². The Morgan fingerprint density at radius 3 is 1.57 bits per heavy atom. The molecule has 0 aliphatic heterocycles. The first-order valence-electron chi connectivity index (χ1n) is 4.16. The van der Waals surface area contributed by atoms with Crippen LogP contribution in [0.4, 0.5) is 0 Å². The molecule has 0 saturated carbocycles. The summed E-state index contributed by atoms with van der Waals surface area (Å²) >= 11 is 0. The summed E-state index contributed by atoms with van der Waals surface area (Å²) in [4.78, 5) is 9.86. The number of aliphatic hydroxyl groups is 3. The molecule has 0 aromatic carbocycles. The van der Waals surface area contributed by atoms with Gasteiger partial charge in [0.2, 0.25) is 0 Å². The van der Waals surface area contributed by atoms with E-state index in [9.17, 15) is 4.79 Å². The third-order valence-corrected chi connectivity index (χ3v) is 1.54. The molecule has 14 heavy (non-hydrogen) atoms. The van der Waals surface area contributed by atoms with E-state index in [0.717, 1.165) is 0 Å². The lowest BCUT2D eigenvalue weighted by molar-refractivity contribution is -0.335. The van der Waals surface area contributed by atoms with Gasteiger partial charge in [-0.25, -0.2) is 4.79 Å². The summed E-state index contributed by atoms with van der Waals surface area (Å²) in [5.74, 6) is -3.88. The smallest absolute Gasteiger partial charge is 0.330 e. The summed E-state index contributed by atoms with van der Waals surface area (Å²) in [6.07, 6.45) is 1.56. The SMILES string of the molecule is CC(C)C(O)(O)O.CC=C(C)C(=O)O. The topological polar surface area (TPSA) is 98.0 Å². The molecule has 0 aromatic rings. The van der Waals surface area contributed by atoms with Crippen molar-refractivity contribution in [2.24, 2.45) is 5.92 Å². The van der Waals surface area contributed by atoms with Crippen molar-refractivity contribution >= 4 is 5.97 Å². The molecule has 0 aromatic heterocycles. The molecule has 0 spiro atoms. The van der Waals surface area contributed by atoms with E-state index in [0.29, 0.717) is 5.57 Å². The molecule has 0 unspecified atom stereocenters. The van der Waals surface area contributed by atoms with Crippen LogP contribution in [0.5, 0.6) is 0 Å². The number of hydrogen-bond donors (Lipinski definition) is 4. The number of hydrogen-bond acceptors (Lipinski definition) is 4. The Bertz CT molecular complexity index is 200. The van der Waals surface area contributed by atoms with E-state index in [1.54, 1.807) is 19.9 Å². The molecule has 0 fully saturated rings. The minimum absolute atomic E-state index is 0.389. The molecule has 0 aliphatic rings. The number of carboxylic acid groups (broad SMARTS) is 1. The first-order valence-corrected chi connectivity index (χ1v) is 4.16. The van der Waals surface area contributed by atoms with Gasteiger partial charge in [-0.2, -0.15) is 0 Å². The fourth-order valence-corrected chi connectivity index (χ4v) is 0.123. The lowest BCUT2D eigenvalue weighted by Crippen LogP contribution is -2.33. The number of carboxylic acids is 1. The lowest BCUT2D eigenvalue weighted by atomic mass is 10.2. The number of carbonyl (C=O) groups is 1. The number of rotatable bonds is 2. The van der Waals surface area contributed by atoms with E-state index in [4.69, 9.17) is 20.4 Å². The van der Waals surface area contributed by atoms with Gasteiger partial charge in [-0.3, -0.25) is 0 Å². The van der Waals surface area contributed by atoms with Gasteiger partial charge >= 0.3 is 5.97 Å². The fraction of sp³-hybridized carbons (Fsp3) is 0.667. The summed E-state index contributed by atoms with van der Waals surface area (Å²) in [7, 11) is 0. The molecule has 0 atom stereocenters. The Labute approximate surface area is 83.3 Å². The quantitative estimate of drug-likeness (QED) is 0.385. The van der Waals surface area contributed by atoms with Gasteiger partial charge in [0, 0.05) is 11.5 Å². The zero-order chi connectivity index (χ0) is 11.9. The van der Waals surface area contributed by atoms with Gasteiger partial charge in [-0.05, 0) is 13.8 Å². The van der Waals surface area contributed by atoms with Crippen LogP contribution < -0.4 is 0 Å². The van der Waals surface area contributed by atoms with Crippen molar-refractivity contribution in [2.45, 2.75) is 33.7 Å². The van der Waals surface area contributed by atoms with Gasteiger partial charge in [-0.1, -0.05) is 19.9 Å². The molecule has 0 amide bonds. The van der Waals surface area contributed by atoms with Crippen molar-refractivity contribution in [1.29, 1.82) is 0 Å². The van der Waals surface area contributed by atoms with Gasteiger partial charge in [-0.15, -0.1) is 0 Å². The van der Waals surface area contributed by atoms with Crippen molar-refractivity contribution in [2.75, 3.05) is 0 Å². The Hall–Kier alpha value is -0.910. The van der Waals surface area contributed by atoms with Gasteiger partial charge in [0.1, 0.15) is 0 Å². The van der Waals surface area contributed by atoms with Crippen molar-refractivity contribution < 1.29 is 25.2 Å². The van der Waals surface area contributed by atoms with Crippen LogP contribution in [0.15, 0.2) is 11.6 Å². The van der Waals surface area contributed by atoms with E-state index in [1.165, 1.54) is 13.8 Å². The first kappa shape index (κ1) is 15.6. The average molecular weight is 206 g/mol. The monoisotopic (exact) mass is 206 g/mol. The van der Waals surface area contributed by atoms with E-state index < -0.39 is 17.9 Å². The second-order valence-corrected chi connectivity index (χ2v) is 3.12. The molecule has 0 radical (unpaired) electrons. The summed E-state index contributed by atoms with van der Waals surface area (Å²) < 4.78 is 0. The van der Waals surface area contributed by atoms with Crippen molar-refractivity contribution in [3.63, 3.8) is 0 Å². The van der Waals surface area contributed by atoms with Crippen molar-refractivity contribution in [1.82, 2.24) is 0 Å². The molecule has 84 valence electrons. The van der Waals surface area contributed by atoms with Crippen LogP contribution in [-0.4, -0.2) is 32.4 Å². The van der Waals surface area contributed by atoms with Gasteiger partial charge < -0.3 is 20.4 Å². The largest absolute Gasteiger partial charge is 0.478 e. The van der Waals surface area contributed by atoms with Gasteiger partial charge in [0.25, 0.3) is 5.97 Å². The standard InChI is InChI=1S/C5H8O2.C4H10O3/c1-3-4(2)5(6)7;1-3(2)4(5,6)7/h3H,1-2H3,(H,6,7);3,5-7H,1-2H3. The second-order valence-electron chi connectivity index (χ2n) is 3.12. The maximum atomic E-state index is 9.86. The zero-order valence-electron chi connectivity index (χ0n) is 8.85. The van der Waals surface area contributed by atoms with Crippen LogP contribution in [0.25, 0.3) is 0 Å². The number of aliphatic carboxylic acids is 1. The highest BCUT2D eigenvalue weighted by Crippen LogP contribution is 2.06. The zero-order valence-corrected chi connectivity index (χ0v) is 8.85. The predicted octanol–water partition coefficient (Wildman–Crippen LogP) is 0.310. The van der Waals surface area contributed by atoms with Gasteiger partial charge in [0.05, 0.1) is 0 Å². The maximum absolute atomic E-state index is 9.86. The molecule has 0 heterocycles. The van der Waals surface area contributed by atoms with E-state index in [2.05, 4.69) is 0 Å². The summed E-state index contributed by atoms with van der Waals surface area (Å²) in [6, 6.07) is 0. The van der Waals surface area contributed by atoms with E-state index in [-0.39, 0.29) is 0 Å². The summed E-state index contributed by atoms with van der Waals surface area (Å²) in [5, 5.41) is 32.7. The molecule has 0 saturated heterocycles. The fourth-order valence-electron chi connectivity index (χ4n) is 0.123. The minimum Gasteiger partial charge on any atom is -0.478 e. The Kier molecular flexibility index (Phi) is 7.26. The molecule has 5 nitrogen and oxygen atoms in total. The van der Waals surface area contributed by atoms with Crippen LogP contribution in [0.1, 0.15) is 27.7 Å². The molecule has 0 rings (SSSR count). The van der Waals surface area contributed by atoms with Crippen LogP contribution >= 0.6 is 0 Å². The van der Waals surface area contributed by atoms with Gasteiger partial charge in [0.15, 0.2) is 0 Å². The molecule has 4 N–H and O–H groups in total. The lowest BCUT2D eigenvalue weighted by Gasteiger charge is -2.16. The predicted molar refractivity (Wildman–Crippen MR) is 51.3 cm³/mol. The Morgan fingerprint density at radius 2 is 1.57 bits per heavy atom. The molecule has 0 bridgehead atoms. The van der Waals surface area contributed by atoms with Crippen LogP contribution in [0.3, 0.4) is 0 Å². The minimum atomic E-state index is -2.50. The molecule has 0 aliphatic carbocycles. The Balaban J connectivity index is 0. The third-order valence-electron chi connectivity index (χ3n) is 1.54. The van der Waals surface area contributed by atoms with Crippen LogP contribution in [-0.2, 0) is 4.79 Å². The Morgan fingerprint density at radius 1 is 1.29 bits per heavy atom. The van der Waals surface area contributed by atoms with Crippen LogP contribution in [0.2, 0.25) is 0 Å². The van der Waals surface area contributed by atoms with Crippen molar-refractivity contribution in [3.05, 3.63) is 11.6 Å². The highest BCUT2D eigenvalue weighted by molar-refractivity contribution is 5.85. The third kappa shape index (κ3) is 9.18. The van der Waals surface area contributed by atoms with E-state index in [1.807, 2.05) is 0 Å².